The van der Waals surface area contributed by atoms with E-state index in [4.69, 9.17) is 0 Å². The molecule has 4 rings (SSSR count). The van der Waals surface area contributed by atoms with Crippen molar-refractivity contribution >= 4 is 11.6 Å². The molecule has 4 aliphatic rings. The summed E-state index contributed by atoms with van der Waals surface area (Å²) in [5.74, 6) is 2.88. The highest BCUT2D eigenvalue weighted by Crippen LogP contribution is 2.65. The zero-order valence-electron chi connectivity index (χ0n) is 14.9. The van der Waals surface area contributed by atoms with Crippen LogP contribution in [0.1, 0.15) is 58.8 Å². The van der Waals surface area contributed by atoms with Crippen molar-refractivity contribution in [3.05, 3.63) is 11.6 Å². The monoisotopic (exact) mass is 332 g/mol. The molecule has 0 spiro atoms. The summed E-state index contributed by atoms with van der Waals surface area (Å²) in [5.41, 5.74) is 1.40. The van der Waals surface area contributed by atoms with E-state index in [1.54, 1.807) is 0 Å². The topological polar surface area (TPSA) is 34.1 Å². The quantitative estimate of drug-likeness (QED) is 0.744. The molecule has 2 nitrogen and oxygen atoms in total. The number of carbonyl (C=O) groups is 2. The number of hydrogen-bond donors (Lipinski definition) is 0. The van der Waals surface area contributed by atoms with Crippen LogP contribution in [0.3, 0.4) is 0 Å². The molecule has 3 saturated carbocycles. The first-order valence-corrected chi connectivity index (χ1v) is 9.77. The van der Waals surface area contributed by atoms with Gasteiger partial charge in [-0.3, -0.25) is 9.59 Å². The fourth-order valence-corrected chi connectivity index (χ4v) is 7.31. The van der Waals surface area contributed by atoms with E-state index < -0.39 is 6.67 Å². The minimum atomic E-state index is -0.803. The molecule has 0 aliphatic heterocycles. The minimum Gasteiger partial charge on any atom is -0.296 e. The molecular formula is C21H29FO2. The van der Waals surface area contributed by atoms with Crippen LogP contribution in [0.15, 0.2) is 11.6 Å². The van der Waals surface area contributed by atoms with E-state index >= 15 is 0 Å². The van der Waals surface area contributed by atoms with Gasteiger partial charge >= 0.3 is 0 Å². The Morgan fingerprint density at radius 3 is 2.79 bits per heavy atom. The summed E-state index contributed by atoms with van der Waals surface area (Å²) in [6.07, 6.45) is 9.16. The molecular weight excluding hydrogens is 303 g/mol. The Balaban J connectivity index is 1.63. The first kappa shape index (κ1) is 16.5. The molecule has 7 atom stereocenters. The molecule has 0 heterocycles. The summed E-state index contributed by atoms with van der Waals surface area (Å²) < 4.78 is 13.1. The maximum absolute atomic E-state index is 13.1. The standard InChI is InChI=1S/C21H29FO2/c1-12-9-18-17-5-3-13-10-14(23)4-6-15(13)16(17)7-8-21(18,2)20(12)19(24)11-22/h10,12,15-18,20H,3-9,11H2,1-2H3/t12?,15-,16+,17+,18-,20+,21-/m0/s1. The van der Waals surface area contributed by atoms with Gasteiger partial charge in [0, 0.05) is 12.3 Å². The maximum atomic E-state index is 13.1. The Labute approximate surface area is 144 Å². The Kier molecular flexibility index (Phi) is 3.97. The molecule has 0 aromatic heterocycles. The van der Waals surface area contributed by atoms with Crippen molar-refractivity contribution in [2.45, 2.75) is 58.8 Å². The number of ketones is 2. The van der Waals surface area contributed by atoms with Gasteiger partial charge in [0.25, 0.3) is 0 Å². The summed E-state index contributed by atoms with van der Waals surface area (Å²) in [5, 5.41) is 0. The number of fused-ring (bicyclic) bond motifs is 5. The highest BCUT2D eigenvalue weighted by atomic mass is 19.1. The fourth-order valence-electron chi connectivity index (χ4n) is 7.31. The number of alkyl halides is 1. The Morgan fingerprint density at radius 1 is 1.25 bits per heavy atom. The average Bonchev–Trinajstić information content (AvgIpc) is 2.84. The second kappa shape index (κ2) is 5.78. The van der Waals surface area contributed by atoms with Gasteiger partial charge in [0.05, 0.1) is 0 Å². The van der Waals surface area contributed by atoms with Gasteiger partial charge in [-0.05, 0) is 79.6 Å². The van der Waals surface area contributed by atoms with Crippen LogP contribution >= 0.6 is 0 Å². The Morgan fingerprint density at radius 2 is 2.04 bits per heavy atom. The van der Waals surface area contributed by atoms with Gasteiger partial charge < -0.3 is 0 Å². The minimum absolute atomic E-state index is 0.00450. The largest absolute Gasteiger partial charge is 0.296 e. The molecule has 0 radical (unpaired) electrons. The SMILES string of the molecule is CC1C[C@H]2[C@@H]3CCC4=CC(=O)CC[C@@H]4[C@H]3CC[C@]2(C)[C@H]1C(=O)CF. The molecule has 24 heavy (non-hydrogen) atoms. The van der Waals surface area contributed by atoms with Crippen LogP contribution in [-0.4, -0.2) is 18.2 Å². The summed E-state index contributed by atoms with van der Waals surface area (Å²) in [4.78, 5) is 24.0. The van der Waals surface area contributed by atoms with Gasteiger partial charge in [0.1, 0.15) is 6.67 Å². The second-order valence-corrected chi connectivity index (χ2v) is 9.14. The third-order valence-corrected chi connectivity index (χ3v) is 8.12. The number of allylic oxidation sites excluding steroid dienone is 1. The van der Waals surface area contributed by atoms with E-state index in [0.29, 0.717) is 41.8 Å². The third-order valence-electron chi connectivity index (χ3n) is 8.12. The van der Waals surface area contributed by atoms with Crippen molar-refractivity contribution < 1.29 is 14.0 Å². The number of halogens is 1. The first-order valence-electron chi connectivity index (χ1n) is 9.77. The lowest BCUT2D eigenvalue weighted by molar-refractivity contribution is -0.131. The zero-order chi connectivity index (χ0) is 17.1. The number of rotatable bonds is 2. The summed E-state index contributed by atoms with van der Waals surface area (Å²) in [6.45, 7) is 3.62. The Bertz CT molecular complexity index is 595. The number of carbonyl (C=O) groups excluding carboxylic acids is 2. The molecule has 4 aliphatic carbocycles. The van der Waals surface area contributed by atoms with Crippen LogP contribution in [0.5, 0.6) is 0 Å². The second-order valence-electron chi connectivity index (χ2n) is 9.14. The smallest absolute Gasteiger partial charge is 0.167 e. The van der Waals surface area contributed by atoms with Gasteiger partial charge in [-0.2, -0.15) is 0 Å². The van der Waals surface area contributed by atoms with E-state index in [9.17, 15) is 14.0 Å². The van der Waals surface area contributed by atoms with Crippen molar-refractivity contribution in [3.63, 3.8) is 0 Å². The average molecular weight is 332 g/mol. The molecule has 0 bridgehead atoms. The molecule has 0 aromatic rings. The van der Waals surface area contributed by atoms with Crippen molar-refractivity contribution in [3.8, 4) is 0 Å². The van der Waals surface area contributed by atoms with Crippen LogP contribution < -0.4 is 0 Å². The molecule has 1 unspecified atom stereocenters. The van der Waals surface area contributed by atoms with Crippen LogP contribution in [0.2, 0.25) is 0 Å². The van der Waals surface area contributed by atoms with Crippen LogP contribution in [0.4, 0.5) is 4.39 Å². The van der Waals surface area contributed by atoms with Gasteiger partial charge in [-0.25, -0.2) is 4.39 Å². The first-order chi connectivity index (χ1) is 11.5. The highest BCUT2D eigenvalue weighted by molar-refractivity contribution is 5.91. The molecule has 3 heteroatoms. The van der Waals surface area contributed by atoms with Gasteiger partial charge in [0.2, 0.25) is 0 Å². The molecule has 132 valence electrons. The summed E-state index contributed by atoms with van der Waals surface area (Å²) in [7, 11) is 0. The van der Waals surface area contributed by atoms with Crippen molar-refractivity contribution in [2.75, 3.05) is 6.67 Å². The number of Topliss-reactive ketones (excluding diaryl/α,β-unsaturated/α-hetero) is 1. The lowest BCUT2D eigenvalue weighted by Gasteiger charge is -2.53. The van der Waals surface area contributed by atoms with Crippen molar-refractivity contribution in [2.24, 2.45) is 40.9 Å². The predicted molar refractivity (Wildman–Crippen MR) is 91.1 cm³/mol. The van der Waals surface area contributed by atoms with E-state index in [-0.39, 0.29) is 17.1 Å². The molecule has 3 fully saturated rings. The van der Waals surface area contributed by atoms with E-state index in [1.807, 2.05) is 6.08 Å². The highest BCUT2D eigenvalue weighted by Gasteiger charge is 2.59. The normalized spacial score (nSPS) is 47.5. The van der Waals surface area contributed by atoms with Gasteiger partial charge in [0.15, 0.2) is 11.6 Å². The predicted octanol–water partition coefficient (Wildman–Crippen LogP) is 4.53. The van der Waals surface area contributed by atoms with E-state index in [2.05, 4.69) is 13.8 Å². The van der Waals surface area contributed by atoms with Crippen LogP contribution in [0.25, 0.3) is 0 Å². The van der Waals surface area contributed by atoms with Crippen molar-refractivity contribution in [1.29, 1.82) is 0 Å². The van der Waals surface area contributed by atoms with E-state index in [1.165, 1.54) is 5.57 Å². The van der Waals surface area contributed by atoms with E-state index in [0.717, 1.165) is 38.5 Å². The van der Waals surface area contributed by atoms with Crippen LogP contribution in [-0.2, 0) is 9.59 Å². The Hall–Kier alpha value is -0.990. The van der Waals surface area contributed by atoms with Crippen molar-refractivity contribution in [1.82, 2.24) is 0 Å². The van der Waals surface area contributed by atoms with Crippen LogP contribution in [0, 0.1) is 40.9 Å². The molecule has 0 aromatic carbocycles. The zero-order valence-corrected chi connectivity index (χ0v) is 14.9. The van der Waals surface area contributed by atoms with Gasteiger partial charge in [-0.15, -0.1) is 0 Å². The lowest BCUT2D eigenvalue weighted by Crippen LogP contribution is -2.47. The molecule has 0 N–H and O–H groups in total. The number of hydrogen-bond acceptors (Lipinski definition) is 2. The summed E-state index contributed by atoms with van der Waals surface area (Å²) >= 11 is 0. The van der Waals surface area contributed by atoms with Gasteiger partial charge in [-0.1, -0.05) is 19.4 Å². The lowest BCUT2D eigenvalue weighted by atomic mass is 9.51. The molecule has 0 amide bonds. The summed E-state index contributed by atoms with van der Waals surface area (Å²) in [6, 6.07) is 0. The molecule has 0 saturated heterocycles. The maximum Gasteiger partial charge on any atom is 0.167 e. The fraction of sp³-hybridized carbons (Fsp3) is 0.810. The third kappa shape index (κ3) is 2.26.